The molecule has 0 N–H and O–H groups in total. The van der Waals surface area contributed by atoms with Gasteiger partial charge in [-0.25, -0.2) is 4.98 Å². The van der Waals surface area contributed by atoms with Crippen molar-refractivity contribution in [3.63, 3.8) is 0 Å². The van der Waals surface area contributed by atoms with Gasteiger partial charge in [0.25, 0.3) is 0 Å². The molecular weight excluding hydrogens is 733 g/mol. The third kappa shape index (κ3) is 4.84. The van der Waals surface area contributed by atoms with Gasteiger partial charge in [-0.1, -0.05) is 164 Å². The number of nitrogens with zero attached hydrogens (tertiary/aromatic N) is 4. The number of aromatic nitrogens is 4. The molecule has 3 aromatic heterocycles. The standard InChI is InChI=1S/C55H32N4O/c1-2-16-36-32-50-47(31-35(36)15-1)51-46(24-12-26-49(51)60-50)54-56-53(45-30-29-42(40-20-7-8-21-41(40)45)39-23-11-17-33-13-3-5-18-37(33)39)57-55(58-54)59-48-25-10-9-22-43(48)44-28-27-34-14-4-6-19-38(34)52(44)59/h1-32H. The van der Waals surface area contributed by atoms with Crippen LogP contribution < -0.4 is 0 Å². The zero-order chi connectivity index (χ0) is 39.3. The first-order valence-corrected chi connectivity index (χ1v) is 20.3. The lowest BCUT2D eigenvalue weighted by atomic mass is 9.92. The minimum absolute atomic E-state index is 0.551. The number of benzene rings is 10. The van der Waals surface area contributed by atoms with Crippen molar-refractivity contribution >= 4 is 86.8 Å². The van der Waals surface area contributed by atoms with Crippen molar-refractivity contribution in [2.75, 3.05) is 0 Å². The molecule has 0 saturated carbocycles. The van der Waals surface area contributed by atoms with Crippen molar-refractivity contribution in [2.24, 2.45) is 0 Å². The van der Waals surface area contributed by atoms with E-state index in [0.29, 0.717) is 17.6 Å². The molecule has 278 valence electrons. The van der Waals surface area contributed by atoms with Crippen LogP contribution in [0.1, 0.15) is 0 Å². The summed E-state index contributed by atoms with van der Waals surface area (Å²) in [5, 5.41) is 13.5. The highest BCUT2D eigenvalue weighted by Gasteiger charge is 2.23. The monoisotopic (exact) mass is 764 g/mol. The van der Waals surface area contributed by atoms with E-state index in [4.69, 9.17) is 19.4 Å². The summed E-state index contributed by atoms with van der Waals surface area (Å²) in [7, 11) is 0. The Bertz CT molecular complexity index is 3910. The van der Waals surface area contributed by atoms with Crippen LogP contribution in [0.5, 0.6) is 0 Å². The van der Waals surface area contributed by atoms with Crippen LogP contribution >= 0.6 is 0 Å². The molecule has 5 nitrogen and oxygen atoms in total. The van der Waals surface area contributed by atoms with E-state index >= 15 is 0 Å². The Hall–Kier alpha value is -8.15. The van der Waals surface area contributed by atoms with Crippen molar-refractivity contribution in [3.05, 3.63) is 194 Å². The van der Waals surface area contributed by atoms with Gasteiger partial charge in [0.1, 0.15) is 11.2 Å². The molecule has 3 heterocycles. The largest absolute Gasteiger partial charge is 0.456 e. The molecule has 60 heavy (non-hydrogen) atoms. The van der Waals surface area contributed by atoms with E-state index in [9.17, 15) is 0 Å². The van der Waals surface area contributed by atoms with Crippen LogP contribution in [0.25, 0.3) is 127 Å². The molecule has 0 unspecified atom stereocenters. The van der Waals surface area contributed by atoms with Crippen molar-refractivity contribution in [1.82, 2.24) is 19.5 Å². The normalized spacial score (nSPS) is 12.0. The number of hydrogen-bond donors (Lipinski definition) is 0. The average Bonchev–Trinajstić information content (AvgIpc) is 3.85. The van der Waals surface area contributed by atoms with Crippen molar-refractivity contribution < 1.29 is 4.42 Å². The van der Waals surface area contributed by atoms with Crippen LogP contribution in [0, 0.1) is 0 Å². The van der Waals surface area contributed by atoms with E-state index in [1.807, 2.05) is 12.1 Å². The fourth-order valence-electron chi connectivity index (χ4n) is 9.53. The molecule has 0 fully saturated rings. The third-order valence-corrected chi connectivity index (χ3v) is 12.2. The maximum atomic E-state index is 6.57. The van der Waals surface area contributed by atoms with E-state index in [1.165, 1.54) is 16.3 Å². The maximum absolute atomic E-state index is 6.57. The zero-order valence-corrected chi connectivity index (χ0v) is 32.2. The Labute approximate surface area is 343 Å². The number of rotatable bonds is 4. The van der Waals surface area contributed by atoms with Gasteiger partial charge in [0.05, 0.1) is 11.0 Å². The molecule has 0 bridgehead atoms. The van der Waals surface area contributed by atoms with Gasteiger partial charge in [-0.2, -0.15) is 9.97 Å². The molecule has 10 aromatic carbocycles. The van der Waals surface area contributed by atoms with Gasteiger partial charge in [-0.3, -0.25) is 4.57 Å². The van der Waals surface area contributed by atoms with Crippen LogP contribution in [0.3, 0.4) is 0 Å². The molecule has 0 aliphatic carbocycles. The molecule has 0 saturated heterocycles. The predicted octanol–water partition coefficient (Wildman–Crippen LogP) is 14.5. The minimum atomic E-state index is 0.551. The lowest BCUT2D eigenvalue weighted by Crippen LogP contribution is -2.07. The second kappa shape index (κ2) is 12.7. The lowest BCUT2D eigenvalue weighted by molar-refractivity contribution is 0.669. The summed E-state index contributed by atoms with van der Waals surface area (Å²) in [6.07, 6.45) is 0. The summed E-state index contributed by atoms with van der Waals surface area (Å²) in [4.78, 5) is 16.4. The van der Waals surface area contributed by atoms with Crippen LogP contribution in [0.4, 0.5) is 0 Å². The van der Waals surface area contributed by atoms with E-state index in [-0.39, 0.29) is 0 Å². The van der Waals surface area contributed by atoms with E-state index in [0.717, 1.165) is 92.8 Å². The van der Waals surface area contributed by atoms with Crippen LogP contribution in [-0.2, 0) is 0 Å². The first kappa shape index (κ1) is 32.9. The molecule has 13 rings (SSSR count). The summed E-state index contributed by atoms with van der Waals surface area (Å²) in [6, 6.07) is 68.6. The molecule has 0 amide bonds. The molecule has 0 aliphatic rings. The van der Waals surface area contributed by atoms with Crippen LogP contribution in [0.2, 0.25) is 0 Å². The van der Waals surface area contributed by atoms with Gasteiger partial charge in [0.2, 0.25) is 5.95 Å². The molecule has 0 aliphatic heterocycles. The third-order valence-electron chi connectivity index (χ3n) is 12.2. The SMILES string of the molecule is c1ccc2cc3c(cc2c1)oc1cccc(-c2nc(-c4ccc(-c5cccc6ccccc56)c5ccccc45)nc(-n4c5ccccc5c5ccc6ccccc6c54)n2)c13. The Morgan fingerprint density at radius 1 is 0.333 bits per heavy atom. The smallest absolute Gasteiger partial charge is 0.238 e. The van der Waals surface area contributed by atoms with Crippen LogP contribution in [0.15, 0.2) is 199 Å². The fraction of sp³-hybridized carbons (Fsp3) is 0. The number of para-hydroxylation sites is 1. The van der Waals surface area contributed by atoms with Crippen LogP contribution in [-0.4, -0.2) is 19.5 Å². The Kier molecular flexibility index (Phi) is 6.95. The summed E-state index contributed by atoms with van der Waals surface area (Å²) in [6.45, 7) is 0. The Balaban J connectivity index is 1.14. The lowest BCUT2D eigenvalue weighted by Gasteiger charge is -2.15. The summed E-state index contributed by atoms with van der Waals surface area (Å²) < 4.78 is 8.80. The van der Waals surface area contributed by atoms with Gasteiger partial charge in [0.15, 0.2) is 11.6 Å². The number of hydrogen-bond acceptors (Lipinski definition) is 4. The van der Waals surface area contributed by atoms with Gasteiger partial charge in [-0.05, 0) is 79.2 Å². The second-order valence-corrected chi connectivity index (χ2v) is 15.5. The van der Waals surface area contributed by atoms with Crippen molar-refractivity contribution in [2.45, 2.75) is 0 Å². The van der Waals surface area contributed by atoms with Gasteiger partial charge in [0, 0.05) is 38.1 Å². The summed E-state index contributed by atoms with van der Waals surface area (Å²) in [5.41, 5.74) is 7.87. The quantitative estimate of drug-likeness (QED) is 0.179. The van der Waals surface area contributed by atoms with Crippen molar-refractivity contribution in [1.29, 1.82) is 0 Å². The summed E-state index contributed by atoms with van der Waals surface area (Å²) >= 11 is 0. The highest BCUT2D eigenvalue weighted by molar-refractivity contribution is 6.19. The van der Waals surface area contributed by atoms with E-state index in [1.54, 1.807) is 0 Å². The number of fused-ring (bicyclic) bond motifs is 11. The van der Waals surface area contributed by atoms with E-state index < -0.39 is 0 Å². The topological polar surface area (TPSA) is 56.7 Å². The zero-order valence-electron chi connectivity index (χ0n) is 32.2. The van der Waals surface area contributed by atoms with Gasteiger partial charge < -0.3 is 4.42 Å². The molecule has 5 heteroatoms. The molecule has 0 atom stereocenters. The predicted molar refractivity (Wildman–Crippen MR) is 248 cm³/mol. The maximum Gasteiger partial charge on any atom is 0.238 e. The molecule has 0 spiro atoms. The second-order valence-electron chi connectivity index (χ2n) is 15.5. The van der Waals surface area contributed by atoms with Gasteiger partial charge in [-0.15, -0.1) is 0 Å². The molecule has 13 aromatic rings. The fourth-order valence-corrected chi connectivity index (χ4v) is 9.53. The Morgan fingerprint density at radius 2 is 0.900 bits per heavy atom. The first-order chi connectivity index (χ1) is 29.7. The highest BCUT2D eigenvalue weighted by Crippen LogP contribution is 2.42. The molecule has 0 radical (unpaired) electrons. The number of furan rings is 1. The average molecular weight is 765 g/mol. The van der Waals surface area contributed by atoms with E-state index in [2.05, 4.69) is 187 Å². The van der Waals surface area contributed by atoms with Crippen molar-refractivity contribution in [3.8, 4) is 39.9 Å². The molecular formula is C55H32N4O. The first-order valence-electron chi connectivity index (χ1n) is 20.3. The summed E-state index contributed by atoms with van der Waals surface area (Å²) in [5.74, 6) is 1.72. The van der Waals surface area contributed by atoms with Gasteiger partial charge >= 0.3 is 0 Å². The highest BCUT2D eigenvalue weighted by atomic mass is 16.3. The Morgan fingerprint density at radius 3 is 1.72 bits per heavy atom. The minimum Gasteiger partial charge on any atom is -0.456 e.